The Kier molecular flexibility index (Phi) is 4.02. The van der Waals surface area contributed by atoms with Crippen LogP contribution in [0.4, 0.5) is 5.69 Å². The number of carbonyl (C=O) groups excluding carboxylic acids is 1. The Labute approximate surface area is 113 Å². The summed E-state index contributed by atoms with van der Waals surface area (Å²) in [5.74, 6) is 0.271. The summed E-state index contributed by atoms with van der Waals surface area (Å²) in [6.45, 7) is 0. The SMILES string of the molecule is O=C(CCCl)Nc1ccc(Br)c2ccccc12. The minimum atomic E-state index is -0.0625. The van der Waals surface area contributed by atoms with Crippen LogP contribution in [0.2, 0.25) is 0 Å². The smallest absolute Gasteiger partial charge is 0.225 e. The number of halogens is 2. The molecule has 2 aromatic carbocycles. The molecule has 2 nitrogen and oxygen atoms in total. The van der Waals surface area contributed by atoms with Gasteiger partial charge >= 0.3 is 0 Å². The van der Waals surface area contributed by atoms with E-state index in [0.29, 0.717) is 12.3 Å². The largest absolute Gasteiger partial charge is 0.325 e. The van der Waals surface area contributed by atoms with Crippen molar-refractivity contribution >= 4 is 49.9 Å². The number of anilines is 1. The summed E-state index contributed by atoms with van der Waals surface area (Å²) >= 11 is 9.03. The molecule has 17 heavy (non-hydrogen) atoms. The van der Waals surface area contributed by atoms with Crippen LogP contribution in [0.25, 0.3) is 10.8 Å². The van der Waals surface area contributed by atoms with Gasteiger partial charge in [-0.15, -0.1) is 11.6 Å². The van der Waals surface area contributed by atoms with Gasteiger partial charge in [0.05, 0.1) is 0 Å². The molecule has 4 heteroatoms. The van der Waals surface area contributed by atoms with Crippen LogP contribution in [0.5, 0.6) is 0 Å². The highest BCUT2D eigenvalue weighted by molar-refractivity contribution is 9.10. The number of hydrogen-bond donors (Lipinski definition) is 1. The van der Waals surface area contributed by atoms with E-state index in [-0.39, 0.29) is 5.91 Å². The first kappa shape index (κ1) is 12.4. The topological polar surface area (TPSA) is 29.1 Å². The van der Waals surface area contributed by atoms with Gasteiger partial charge < -0.3 is 5.32 Å². The van der Waals surface area contributed by atoms with Crippen molar-refractivity contribution in [2.24, 2.45) is 0 Å². The molecule has 1 N–H and O–H groups in total. The number of fused-ring (bicyclic) bond motifs is 1. The van der Waals surface area contributed by atoms with E-state index in [9.17, 15) is 4.79 Å². The van der Waals surface area contributed by atoms with Gasteiger partial charge in [-0.3, -0.25) is 4.79 Å². The van der Waals surface area contributed by atoms with Crippen molar-refractivity contribution in [1.29, 1.82) is 0 Å². The van der Waals surface area contributed by atoms with E-state index < -0.39 is 0 Å². The van der Waals surface area contributed by atoms with Crippen molar-refractivity contribution in [3.05, 3.63) is 40.9 Å². The summed E-state index contributed by atoms with van der Waals surface area (Å²) in [5.41, 5.74) is 0.818. The van der Waals surface area contributed by atoms with Crippen molar-refractivity contribution < 1.29 is 4.79 Å². The number of hydrogen-bond acceptors (Lipinski definition) is 1. The molecule has 0 aliphatic heterocycles. The van der Waals surface area contributed by atoms with Gasteiger partial charge in [-0.2, -0.15) is 0 Å². The zero-order chi connectivity index (χ0) is 12.3. The number of alkyl halides is 1. The molecule has 0 unspecified atom stereocenters. The highest BCUT2D eigenvalue weighted by Crippen LogP contribution is 2.29. The molecule has 0 saturated carbocycles. The third-order valence-electron chi connectivity index (χ3n) is 2.47. The molecule has 0 saturated heterocycles. The van der Waals surface area contributed by atoms with E-state index in [4.69, 9.17) is 11.6 Å². The lowest BCUT2D eigenvalue weighted by Crippen LogP contribution is -2.11. The van der Waals surface area contributed by atoms with Crippen LogP contribution in [0, 0.1) is 0 Å². The molecular formula is C13H11BrClNO. The lowest BCUT2D eigenvalue weighted by atomic mass is 10.1. The molecule has 0 fully saturated rings. The molecule has 0 spiro atoms. The Bertz CT molecular complexity index is 556. The molecule has 0 aromatic heterocycles. The Morgan fingerprint density at radius 2 is 1.88 bits per heavy atom. The molecule has 0 heterocycles. The van der Waals surface area contributed by atoms with Gasteiger partial charge in [-0.1, -0.05) is 40.2 Å². The van der Waals surface area contributed by atoms with E-state index in [1.165, 1.54) is 0 Å². The number of amides is 1. The van der Waals surface area contributed by atoms with Crippen LogP contribution in [-0.2, 0) is 4.79 Å². The number of rotatable bonds is 3. The monoisotopic (exact) mass is 311 g/mol. The summed E-state index contributed by atoms with van der Waals surface area (Å²) < 4.78 is 1.02. The summed E-state index contributed by atoms with van der Waals surface area (Å²) in [6, 6.07) is 11.7. The fourth-order valence-electron chi connectivity index (χ4n) is 1.67. The third kappa shape index (κ3) is 2.79. The zero-order valence-corrected chi connectivity index (χ0v) is 11.4. The second-order valence-electron chi connectivity index (χ2n) is 3.63. The highest BCUT2D eigenvalue weighted by Gasteiger charge is 2.06. The first-order valence-corrected chi connectivity index (χ1v) is 6.58. The fraction of sp³-hybridized carbons (Fsp3) is 0.154. The average molecular weight is 313 g/mol. The normalized spacial score (nSPS) is 10.5. The second kappa shape index (κ2) is 5.52. The van der Waals surface area contributed by atoms with Crippen LogP contribution < -0.4 is 5.32 Å². The first-order chi connectivity index (χ1) is 8.22. The molecule has 0 atom stereocenters. The van der Waals surface area contributed by atoms with Gasteiger partial charge in [0.2, 0.25) is 5.91 Å². The predicted octanol–water partition coefficient (Wildman–Crippen LogP) is 4.17. The lowest BCUT2D eigenvalue weighted by Gasteiger charge is -2.09. The molecular weight excluding hydrogens is 302 g/mol. The summed E-state index contributed by atoms with van der Waals surface area (Å²) in [5, 5.41) is 4.97. The minimum Gasteiger partial charge on any atom is -0.325 e. The van der Waals surface area contributed by atoms with Gasteiger partial charge in [0.25, 0.3) is 0 Å². The molecule has 2 aromatic rings. The molecule has 2 rings (SSSR count). The van der Waals surface area contributed by atoms with Gasteiger partial charge in [0.15, 0.2) is 0 Å². The molecule has 0 aliphatic carbocycles. The summed E-state index contributed by atoms with van der Waals surface area (Å²) in [6.07, 6.45) is 0.325. The van der Waals surface area contributed by atoms with Crippen molar-refractivity contribution in [2.75, 3.05) is 11.2 Å². The van der Waals surface area contributed by atoms with Crippen molar-refractivity contribution in [2.45, 2.75) is 6.42 Å². The zero-order valence-electron chi connectivity index (χ0n) is 9.04. The lowest BCUT2D eigenvalue weighted by molar-refractivity contribution is -0.115. The van der Waals surface area contributed by atoms with Crippen molar-refractivity contribution in [3.63, 3.8) is 0 Å². The summed E-state index contributed by atoms with van der Waals surface area (Å²) in [4.78, 5) is 11.5. The maximum atomic E-state index is 11.5. The Morgan fingerprint density at radius 1 is 1.18 bits per heavy atom. The standard InChI is InChI=1S/C13H11BrClNO/c14-11-5-6-12(16-13(17)7-8-15)10-4-2-1-3-9(10)11/h1-6H,7-8H2,(H,16,17). The van der Waals surface area contributed by atoms with E-state index in [2.05, 4.69) is 21.2 Å². The fourth-order valence-corrected chi connectivity index (χ4v) is 2.32. The predicted molar refractivity (Wildman–Crippen MR) is 75.6 cm³/mol. The van der Waals surface area contributed by atoms with Crippen molar-refractivity contribution in [3.8, 4) is 0 Å². The Hall–Kier alpha value is -1.06. The van der Waals surface area contributed by atoms with Gasteiger partial charge in [0, 0.05) is 27.8 Å². The maximum absolute atomic E-state index is 11.5. The first-order valence-electron chi connectivity index (χ1n) is 5.25. The molecule has 0 aliphatic rings. The second-order valence-corrected chi connectivity index (χ2v) is 4.86. The van der Waals surface area contributed by atoms with E-state index in [1.54, 1.807) is 0 Å². The molecule has 1 amide bonds. The minimum absolute atomic E-state index is 0.0625. The Morgan fingerprint density at radius 3 is 2.59 bits per heavy atom. The molecule has 0 bridgehead atoms. The number of nitrogens with one attached hydrogen (secondary N) is 1. The van der Waals surface area contributed by atoms with Gasteiger partial charge in [-0.25, -0.2) is 0 Å². The highest BCUT2D eigenvalue weighted by atomic mass is 79.9. The molecule has 88 valence electrons. The average Bonchev–Trinajstić information content (AvgIpc) is 2.34. The summed E-state index contributed by atoms with van der Waals surface area (Å²) in [7, 11) is 0. The van der Waals surface area contributed by atoms with E-state index in [0.717, 1.165) is 20.9 Å². The number of benzene rings is 2. The van der Waals surface area contributed by atoms with Gasteiger partial charge in [-0.05, 0) is 17.5 Å². The van der Waals surface area contributed by atoms with E-state index >= 15 is 0 Å². The quantitative estimate of drug-likeness (QED) is 0.847. The van der Waals surface area contributed by atoms with Crippen LogP contribution >= 0.6 is 27.5 Å². The van der Waals surface area contributed by atoms with Crippen LogP contribution in [0.3, 0.4) is 0 Å². The third-order valence-corrected chi connectivity index (χ3v) is 3.35. The number of carbonyl (C=O) groups is 1. The van der Waals surface area contributed by atoms with Crippen LogP contribution in [-0.4, -0.2) is 11.8 Å². The molecule has 0 radical (unpaired) electrons. The Balaban J connectivity index is 2.41. The van der Waals surface area contributed by atoms with E-state index in [1.807, 2.05) is 36.4 Å². The van der Waals surface area contributed by atoms with Crippen LogP contribution in [0.1, 0.15) is 6.42 Å². The maximum Gasteiger partial charge on any atom is 0.225 e. The van der Waals surface area contributed by atoms with Gasteiger partial charge in [0.1, 0.15) is 0 Å². The van der Waals surface area contributed by atoms with Crippen molar-refractivity contribution in [1.82, 2.24) is 0 Å². The van der Waals surface area contributed by atoms with Crippen LogP contribution in [0.15, 0.2) is 40.9 Å².